The highest BCUT2D eigenvalue weighted by atomic mass is 16.6. The van der Waals surface area contributed by atoms with E-state index in [0.29, 0.717) is 19.8 Å². The van der Waals surface area contributed by atoms with Gasteiger partial charge in [-0.1, -0.05) is 6.07 Å². The Kier molecular flexibility index (Phi) is 4.91. The standard InChI is InChI=1S/C17H24N2O4/c1-12(11-21-2)18-17(20)19-7-3-4-14(19)13-5-6-15-16(10-13)23-9-8-22-15/h5-6,10,12,14H,3-4,7-9,11H2,1-2H3,(H,18,20). The van der Waals surface area contributed by atoms with Crippen LogP contribution < -0.4 is 14.8 Å². The van der Waals surface area contributed by atoms with Crippen LogP contribution in [-0.2, 0) is 4.74 Å². The van der Waals surface area contributed by atoms with Crippen molar-refractivity contribution in [2.45, 2.75) is 31.8 Å². The molecule has 3 rings (SSSR count). The molecule has 0 bridgehead atoms. The summed E-state index contributed by atoms with van der Waals surface area (Å²) >= 11 is 0. The molecule has 6 heteroatoms. The van der Waals surface area contributed by atoms with Gasteiger partial charge in [-0.3, -0.25) is 0 Å². The van der Waals surface area contributed by atoms with E-state index in [2.05, 4.69) is 5.32 Å². The first-order valence-corrected chi connectivity index (χ1v) is 8.14. The molecular weight excluding hydrogens is 296 g/mol. The number of hydrogen-bond donors (Lipinski definition) is 1. The molecule has 0 saturated carbocycles. The molecule has 2 aliphatic rings. The maximum Gasteiger partial charge on any atom is 0.318 e. The molecule has 0 radical (unpaired) electrons. The molecule has 1 saturated heterocycles. The van der Waals surface area contributed by atoms with Crippen molar-refractivity contribution in [3.8, 4) is 11.5 Å². The van der Waals surface area contributed by atoms with Crippen molar-refractivity contribution in [1.29, 1.82) is 0 Å². The lowest BCUT2D eigenvalue weighted by Gasteiger charge is -2.28. The molecule has 0 aliphatic carbocycles. The molecule has 23 heavy (non-hydrogen) atoms. The number of nitrogens with one attached hydrogen (secondary N) is 1. The van der Waals surface area contributed by atoms with E-state index in [1.807, 2.05) is 30.0 Å². The number of methoxy groups -OCH3 is 1. The molecule has 0 aromatic heterocycles. The molecule has 126 valence electrons. The molecule has 1 aromatic carbocycles. The first-order valence-electron chi connectivity index (χ1n) is 8.14. The summed E-state index contributed by atoms with van der Waals surface area (Å²) in [7, 11) is 1.64. The van der Waals surface area contributed by atoms with Crippen molar-refractivity contribution < 1.29 is 19.0 Å². The lowest BCUT2D eigenvalue weighted by Crippen LogP contribution is -2.44. The van der Waals surface area contributed by atoms with Gasteiger partial charge in [0.05, 0.1) is 18.7 Å². The van der Waals surface area contributed by atoms with Gasteiger partial charge >= 0.3 is 6.03 Å². The van der Waals surface area contributed by atoms with Crippen LogP contribution >= 0.6 is 0 Å². The summed E-state index contributed by atoms with van der Waals surface area (Å²) in [4.78, 5) is 14.4. The summed E-state index contributed by atoms with van der Waals surface area (Å²) in [6, 6.07) is 6.01. The summed E-state index contributed by atoms with van der Waals surface area (Å²) in [6.45, 7) is 4.37. The summed E-state index contributed by atoms with van der Waals surface area (Å²) in [6.07, 6.45) is 1.97. The fraction of sp³-hybridized carbons (Fsp3) is 0.588. The fourth-order valence-corrected chi connectivity index (χ4v) is 3.21. The molecular formula is C17H24N2O4. The van der Waals surface area contributed by atoms with Crippen molar-refractivity contribution in [3.05, 3.63) is 23.8 Å². The summed E-state index contributed by atoms with van der Waals surface area (Å²) in [5.41, 5.74) is 1.10. The number of fused-ring (bicyclic) bond motifs is 1. The summed E-state index contributed by atoms with van der Waals surface area (Å²) in [5, 5.41) is 2.99. The molecule has 1 aromatic rings. The smallest absolute Gasteiger partial charge is 0.318 e. The van der Waals surface area contributed by atoms with Crippen LogP contribution in [0.3, 0.4) is 0 Å². The molecule has 0 spiro atoms. The lowest BCUT2D eigenvalue weighted by molar-refractivity contribution is 0.156. The van der Waals surface area contributed by atoms with Crippen LogP contribution in [0.15, 0.2) is 18.2 Å². The Hall–Kier alpha value is -1.95. The van der Waals surface area contributed by atoms with Gasteiger partial charge in [0.15, 0.2) is 11.5 Å². The molecule has 2 unspecified atom stereocenters. The van der Waals surface area contributed by atoms with Crippen LogP contribution in [0.4, 0.5) is 4.79 Å². The second-order valence-electron chi connectivity index (χ2n) is 6.06. The Balaban J connectivity index is 1.72. The van der Waals surface area contributed by atoms with Gasteiger partial charge in [-0.25, -0.2) is 4.79 Å². The Labute approximate surface area is 136 Å². The Bertz CT molecular complexity index is 564. The van der Waals surface area contributed by atoms with E-state index < -0.39 is 0 Å². The van der Waals surface area contributed by atoms with E-state index in [0.717, 1.165) is 36.4 Å². The zero-order valence-electron chi connectivity index (χ0n) is 13.7. The van der Waals surface area contributed by atoms with Crippen LogP contribution in [0.5, 0.6) is 11.5 Å². The van der Waals surface area contributed by atoms with Gasteiger partial charge in [-0.15, -0.1) is 0 Å². The van der Waals surface area contributed by atoms with Crippen molar-refractivity contribution in [1.82, 2.24) is 10.2 Å². The van der Waals surface area contributed by atoms with Crippen LogP contribution in [0.25, 0.3) is 0 Å². The van der Waals surface area contributed by atoms with Gasteiger partial charge in [-0.05, 0) is 37.5 Å². The lowest BCUT2D eigenvalue weighted by atomic mass is 10.0. The minimum absolute atomic E-state index is 0.00554. The van der Waals surface area contributed by atoms with Crippen LogP contribution in [0.2, 0.25) is 0 Å². The van der Waals surface area contributed by atoms with Gasteiger partial charge in [0.1, 0.15) is 13.2 Å². The maximum absolute atomic E-state index is 12.5. The summed E-state index contributed by atoms with van der Waals surface area (Å²) < 4.78 is 16.3. The Morgan fingerprint density at radius 3 is 2.96 bits per heavy atom. The van der Waals surface area contributed by atoms with E-state index in [9.17, 15) is 4.79 Å². The Morgan fingerprint density at radius 1 is 1.39 bits per heavy atom. The van der Waals surface area contributed by atoms with E-state index >= 15 is 0 Å². The monoisotopic (exact) mass is 320 g/mol. The topological polar surface area (TPSA) is 60.0 Å². The molecule has 2 atom stereocenters. The van der Waals surface area contributed by atoms with Crippen molar-refractivity contribution >= 4 is 6.03 Å². The van der Waals surface area contributed by atoms with Gasteiger partial charge in [-0.2, -0.15) is 0 Å². The average molecular weight is 320 g/mol. The zero-order valence-corrected chi connectivity index (χ0v) is 13.7. The highest BCUT2D eigenvalue weighted by Gasteiger charge is 2.31. The number of benzene rings is 1. The largest absolute Gasteiger partial charge is 0.486 e. The second kappa shape index (κ2) is 7.08. The quantitative estimate of drug-likeness (QED) is 0.925. The predicted molar refractivity (Wildman–Crippen MR) is 86.0 cm³/mol. The third kappa shape index (κ3) is 3.52. The number of carbonyl (C=O) groups is 1. The van der Waals surface area contributed by atoms with E-state index in [1.54, 1.807) is 7.11 Å². The maximum atomic E-state index is 12.5. The highest BCUT2D eigenvalue weighted by Crippen LogP contribution is 2.38. The number of urea groups is 1. The highest BCUT2D eigenvalue weighted by molar-refractivity contribution is 5.75. The number of hydrogen-bond acceptors (Lipinski definition) is 4. The first kappa shape index (κ1) is 15.9. The molecule has 1 fully saturated rings. The molecule has 6 nitrogen and oxygen atoms in total. The molecule has 2 aliphatic heterocycles. The van der Waals surface area contributed by atoms with Crippen LogP contribution in [0.1, 0.15) is 31.4 Å². The molecule has 1 N–H and O–H groups in total. The number of ether oxygens (including phenoxy) is 3. The number of carbonyl (C=O) groups excluding carboxylic acids is 1. The van der Waals surface area contributed by atoms with Gasteiger partial charge in [0.2, 0.25) is 0 Å². The molecule has 2 heterocycles. The third-order valence-electron chi connectivity index (χ3n) is 4.25. The van der Waals surface area contributed by atoms with Crippen LogP contribution in [0, 0.1) is 0 Å². The van der Waals surface area contributed by atoms with Crippen molar-refractivity contribution in [3.63, 3.8) is 0 Å². The fourth-order valence-electron chi connectivity index (χ4n) is 3.21. The predicted octanol–water partition coefficient (Wildman–Crippen LogP) is 2.34. The summed E-state index contributed by atoms with van der Waals surface area (Å²) in [5.74, 6) is 1.55. The Morgan fingerprint density at radius 2 is 2.17 bits per heavy atom. The average Bonchev–Trinajstić information content (AvgIpc) is 3.04. The number of likely N-dealkylation sites (tertiary alicyclic amines) is 1. The number of amides is 2. The van der Waals surface area contributed by atoms with Gasteiger partial charge in [0.25, 0.3) is 0 Å². The first-order chi connectivity index (χ1) is 11.2. The third-order valence-corrected chi connectivity index (χ3v) is 4.25. The van der Waals surface area contributed by atoms with Gasteiger partial charge < -0.3 is 24.4 Å². The SMILES string of the molecule is COCC(C)NC(=O)N1CCCC1c1ccc2c(c1)OCCO2. The van der Waals surface area contributed by atoms with Gasteiger partial charge in [0, 0.05) is 13.7 Å². The second-order valence-corrected chi connectivity index (χ2v) is 6.06. The minimum Gasteiger partial charge on any atom is -0.486 e. The van der Waals surface area contributed by atoms with Crippen molar-refractivity contribution in [2.75, 3.05) is 33.5 Å². The number of nitrogens with zero attached hydrogens (tertiary/aromatic N) is 1. The van der Waals surface area contributed by atoms with E-state index in [1.165, 1.54) is 0 Å². The zero-order chi connectivity index (χ0) is 16.2. The molecule has 2 amide bonds. The normalized spacial score (nSPS) is 21.1. The van der Waals surface area contributed by atoms with E-state index in [-0.39, 0.29) is 18.1 Å². The van der Waals surface area contributed by atoms with Crippen LogP contribution in [-0.4, -0.2) is 50.4 Å². The van der Waals surface area contributed by atoms with E-state index in [4.69, 9.17) is 14.2 Å². The number of rotatable bonds is 4. The van der Waals surface area contributed by atoms with Crippen molar-refractivity contribution in [2.24, 2.45) is 0 Å². The minimum atomic E-state index is -0.0352.